The number of hydrogen-bond donors (Lipinski definition) is 2. The predicted octanol–water partition coefficient (Wildman–Crippen LogP) is 4.16. The van der Waals surface area contributed by atoms with E-state index in [0.29, 0.717) is 11.1 Å². The van der Waals surface area contributed by atoms with E-state index in [0.717, 1.165) is 5.56 Å². The van der Waals surface area contributed by atoms with Gasteiger partial charge in [0.15, 0.2) is 5.60 Å². The van der Waals surface area contributed by atoms with Crippen LogP contribution in [0.3, 0.4) is 0 Å². The number of amides is 1. The first kappa shape index (κ1) is 19.8. The Hall–Kier alpha value is -3.94. The molecule has 0 saturated heterocycles. The molecule has 3 rings (SSSR count). The van der Waals surface area contributed by atoms with Crippen molar-refractivity contribution in [2.45, 2.75) is 5.60 Å². The molecule has 0 radical (unpaired) electrons. The highest BCUT2D eigenvalue weighted by molar-refractivity contribution is 5.91. The first-order valence-corrected chi connectivity index (χ1v) is 9.13. The van der Waals surface area contributed by atoms with Crippen LogP contribution in [-0.4, -0.2) is 11.0 Å². The molecule has 0 fully saturated rings. The van der Waals surface area contributed by atoms with Crippen LogP contribution < -0.4 is 5.32 Å². The van der Waals surface area contributed by atoms with Crippen LogP contribution >= 0.6 is 0 Å². The van der Waals surface area contributed by atoms with Gasteiger partial charge in [-0.3, -0.25) is 4.79 Å². The summed E-state index contributed by atoms with van der Waals surface area (Å²) in [4.78, 5) is 13.1. The van der Waals surface area contributed by atoms with Gasteiger partial charge in [-0.05, 0) is 22.8 Å². The van der Waals surface area contributed by atoms with Crippen LogP contribution in [0.5, 0.6) is 0 Å². The van der Waals surface area contributed by atoms with Crippen LogP contribution in [0, 0.1) is 11.3 Å². The molecule has 0 saturated carbocycles. The number of hydrogen-bond acceptors (Lipinski definition) is 3. The summed E-state index contributed by atoms with van der Waals surface area (Å²) in [6, 6.07) is 28.9. The van der Waals surface area contributed by atoms with E-state index in [4.69, 9.17) is 0 Å². The summed E-state index contributed by atoms with van der Waals surface area (Å²) in [5, 5.41) is 23.4. The smallest absolute Gasteiger partial charge is 0.266 e. The summed E-state index contributed by atoms with van der Waals surface area (Å²) >= 11 is 0. The van der Waals surface area contributed by atoms with Crippen molar-refractivity contribution >= 4 is 12.0 Å². The molecule has 1 amide bonds. The third-order valence-corrected chi connectivity index (χ3v) is 4.43. The summed E-state index contributed by atoms with van der Waals surface area (Å²) in [5.74, 6) is -0.698. The Morgan fingerprint density at radius 1 is 0.862 bits per heavy atom. The first-order chi connectivity index (χ1) is 14.1. The number of allylic oxidation sites excluding steroid dienone is 3. The minimum absolute atomic E-state index is 0.0347. The largest absolute Gasteiger partial charge is 0.372 e. The average Bonchev–Trinajstić information content (AvgIpc) is 2.79. The van der Waals surface area contributed by atoms with Crippen molar-refractivity contribution < 1.29 is 9.90 Å². The molecule has 0 aliphatic rings. The summed E-state index contributed by atoms with van der Waals surface area (Å²) in [7, 11) is 0. The lowest BCUT2D eigenvalue weighted by Crippen LogP contribution is -2.44. The molecule has 0 spiro atoms. The summed E-state index contributed by atoms with van der Waals surface area (Å²) in [5.41, 5.74) is -0.0896. The molecule has 142 valence electrons. The highest BCUT2D eigenvalue weighted by atomic mass is 16.3. The molecular formula is C25H20N2O2. The molecule has 0 aromatic heterocycles. The van der Waals surface area contributed by atoms with Crippen LogP contribution in [-0.2, 0) is 10.4 Å². The fourth-order valence-electron chi connectivity index (χ4n) is 2.93. The number of rotatable bonds is 6. The second-order valence-electron chi connectivity index (χ2n) is 6.36. The number of aliphatic hydroxyl groups is 1. The standard InChI is InChI=1S/C25H20N2O2/c26-19-23(18-10-13-20-11-4-1-5-12-20)27-24(28)25(29,21-14-6-2-7-15-21)22-16-8-3-9-17-22/h1-18,29H,(H,27,28)/b13-10+,23-18+. The van der Waals surface area contributed by atoms with Crippen LogP contribution in [0.1, 0.15) is 16.7 Å². The van der Waals surface area contributed by atoms with E-state index in [2.05, 4.69) is 5.32 Å². The molecule has 0 bridgehead atoms. The quantitative estimate of drug-likeness (QED) is 0.498. The van der Waals surface area contributed by atoms with E-state index >= 15 is 0 Å². The van der Waals surface area contributed by atoms with E-state index in [1.54, 1.807) is 54.6 Å². The Morgan fingerprint density at radius 3 is 1.83 bits per heavy atom. The van der Waals surface area contributed by atoms with Crippen molar-refractivity contribution in [2.24, 2.45) is 0 Å². The van der Waals surface area contributed by atoms with Crippen LogP contribution in [0.25, 0.3) is 6.08 Å². The maximum atomic E-state index is 13.1. The SMILES string of the molecule is N#C/C(=C\C=C\c1ccccc1)NC(=O)C(O)(c1ccccc1)c1ccccc1. The van der Waals surface area contributed by atoms with Gasteiger partial charge in [-0.1, -0.05) is 103 Å². The molecule has 0 aliphatic heterocycles. The molecule has 0 heterocycles. The number of nitrogens with one attached hydrogen (secondary N) is 1. The maximum absolute atomic E-state index is 13.1. The molecule has 3 aromatic carbocycles. The number of carbonyl (C=O) groups excluding carboxylic acids is 1. The predicted molar refractivity (Wildman–Crippen MR) is 113 cm³/mol. The van der Waals surface area contributed by atoms with Gasteiger partial charge < -0.3 is 10.4 Å². The number of nitrogens with zero attached hydrogens (tertiary/aromatic N) is 1. The zero-order chi connectivity index (χ0) is 20.5. The normalized spacial score (nSPS) is 11.8. The average molecular weight is 380 g/mol. The Bertz CT molecular complexity index is 1010. The van der Waals surface area contributed by atoms with Crippen molar-refractivity contribution in [3.8, 4) is 6.07 Å². The van der Waals surface area contributed by atoms with Gasteiger partial charge in [-0.15, -0.1) is 0 Å². The molecule has 0 aliphatic carbocycles. The minimum Gasteiger partial charge on any atom is -0.372 e. The molecule has 4 heteroatoms. The van der Waals surface area contributed by atoms with Crippen LogP contribution in [0.15, 0.2) is 109 Å². The monoisotopic (exact) mass is 380 g/mol. The highest BCUT2D eigenvalue weighted by Crippen LogP contribution is 2.30. The number of nitriles is 1. The van der Waals surface area contributed by atoms with Gasteiger partial charge in [0.25, 0.3) is 5.91 Å². The third-order valence-electron chi connectivity index (χ3n) is 4.43. The van der Waals surface area contributed by atoms with E-state index in [1.165, 1.54) is 6.08 Å². The number of benzene rings is 3. The van der Waals surface area contributed by atoms with Crippen LogP contribution in [0.4, 0.5) is 0 Å². The topological polar surface area (TPSA) is 73.1 Å². The lowest BCUT2D eigenvalue weighted by molar-refractivity contribution is -0.135. The number of carbonyl (C=O) groups is 1. The van der Waals surface area contributed by atoms with E-state index in [9.17, 15) is 15.2 Å². The Kier molecular flexibility index (Phi) is 6.36. The fraction of sp³-hybridized carbons (Fsp3) is 0.0400. The minimum atomic E-state index is -1.93. The van der Waals surface area contributed by atoms with E-state index in [-0.39, 0.29) is 5.70 Å². The second kappa shape index (κ2) is 9.32. The van der Waals surface area contributed by atoms with Gasteiger partial charge in [0.2, 0.25) is 0 Å². The first-order valence-electron chi connectivity index (χ1n) is 9.13. The van der Waals surface area contributed by atoms with Crippen molar-refractivity contribution in [1.29, 1.82) is 5.26 Å². The van der Waals surface area contributed by atoms with Gasteiger partial charge in [0, 0.05) is 0 Å². The summed E-state index contributed by atoms with van der Waals surface area (Å²) in [6.45, 7) is 0. The maximum Gasteiger partial charge on any atom is 0.266 e. The zero-order valence-corrected chi connectivity index (χ0v) is 15.7. The van der Waals surface area contributed by atoms with Crippen LogP contribution in [0.2, 0.25) is 0 Å². The third kappa shape index (κ3) is 4.67. The molecule has 0 unspecified atom stereocenters. The fourth-order valence-corrected chi connectivity index (χ4v) is 2.93. The molecule has 2 N–H and O–H groups in total. The summed E-state index contributed by atoms with van der Waals surface area (Å²) in [6.07, 6.45) is 5.00. The molecular weight excluding hydrogens is 360 g/mol. The van der Waals surface area contributed by atoms with Gasteiger partial charge in [0.1, 0.15) is 11.8 Å². The Labute approximate surface area is 170 Å². The van der Waals surface area contributed by atoms with E-state index < -0.39 is 11.5 Å². The lowest BCUT2D eigenvalue weighted by Gasteiger charge is -2.27. The Morgan fingerprint density at radius 2 is 1.34 bits per heavy atom. The molecule has 3 aromatic rings. The van der Waals surface area contributed by atoms with Gasteiger partial charge in [0.05, 0.1) is 0 Å². The Balaban J connectivity index is 1.89. The molecule has 0 atom stereocenters. The van der Waals surface area contributed by atoms with Crippen molar-refractivity contribution in [1.82, 2.24) is 5.32 Å². The van der Waals surface area contributed by atoms with Crippen molar-refractivity contribution in [3.63, 3.8) is 0 Å². The zero-order valence-electron chi connectivity index (χ0n) is 15.7. The van der Waals surface area contributed by atoms with Gasteiger partial charge in [-0.25, -0.2) is 0 Å². The second-order valence-corrected chi connectivity index (χ2v) is 6.36. The summed E-state index contributed by atoms with van der Waals surface area (Å²) < 4.78 is 0. The van der Waals surface area contributed by atoms with E-state index in [1.807, 2.05) is 54.6 Å². The van der Waals surface area contributed by atoms with Crippen molar-refractivity contribution in [3.05, 3.63) is 126 Å². The van der Waals surface area contributed by atoms with Gasteiger partial charge >= 0.3 is 0 Å². The van der Waals surface area contributed by atoms with Crippen molar-refractivity contribution in [2.75, 3.05) is 0 Å². The highest BCUT2D eigenvalue weighted by Gasteiger charge is 2.40. The lowest BCUT2D eigenvalue weighted by atomic mass is 9.85. The van der Waals surface area contributed by atoms with Gasteiger partial charge in [-0.2, -0.15) is 5.26 Å². The molecule has 4 nitrogen and oxygen atoms in total. The molecule has 29 heavy (non-hydrogen) atoms.